The maximum absolute atomic E-state index is 5.65. The van der Waals surface area contributed by atoms with Crippen molar-refractivity contribution in [2.24, 2.45) is 0 Å². The van der Waals surface area contributed by atoms with Crippen LogP contribution in [0.5, 0.6) is 0 Å². The van der Waals surface area contributed by atoms with Crippen LogP contribution in [0.1, 0.15) is 6.42 Å². The first kappa shape index (κ1) is 11.0. The average Bonchev–Trinajstić information content (AvgIpc) is 2.57. The lowest BCUT2D eigenvalue weighted by molar-refractivity contribution is 1.11. The normalized spacial score (nSPS) is 11.0. The van der Waals surface area contributed by atoms with Crippen molar-refractivity contribution in [3.63, 3.8) is 0 Å². The molecule has 0 radical (unpaired) electrons. The van der Waals surface area contributed by atoms with Gasteiger partial charge in [0.1, 0.15) is 0 Å². The van der Waals surface area contributed by atoms with Crippen molar-refractivity contribution >= 4 is 50.0 Å². The monoisotopic (exact) mass is 258 g/mol. The van der Waals surface area contributed by atoms with Gasteiger partial charge in [0.05, 0.1) is 10.2 Å². The molecule has 0 unspecified atom stereocenters. The van der Waals surface area contributed by atoms with E-state index in [2.05, 4.69) is 17.1 Å². The zero-order valence-corrected chi connectivity index (χ0v) is 10.5. The van der Waals surface area contributed by atoms with Crippen LogP contribution in [0.25, 0.3) is 10.2 Å². The molecule has 1 aromatic carbocycles. The standard InChI is InChI=1S/C10H11ClN2S2/c11-4-1-5-14-7-2-3-8-9(6-7)15-10(12)13-8/h2-3,6H,1,4-5H2,(H2,12,13). The number of fused-ring (bicyclic) bond motifs is 1. The molecular formula is C10H11ClN2S2. The van der Waals surface area contributed by atoms with Gasteiger partial charge in [-0.2, -0.15) is 0 Å². The third kappa shape index (κ3) is 2.77. The Hall–Kier alpha value is -0.450. The topological polar surface area (TPSA) is 38.9 Å². The summed E-state index contributed by atoms with van der Waals surface area (Å²) in [6.45, 7) is 0. The Kier molecular flexibility index (Phi) is 3.72. The maximum Gasteiger partial charge on any atom is 0.181 e. The Morgan fingerprint density at radius 3 is 3.13 bits per heavy atom. The highest BCUT2D eigenvalue weighted by Gasteiger charge is 2.02. The van der Waals surface area contributed by atoms with Crippen molar-refractivity contribution in [2.45, 2.75) is 11.3 Å². The summed E-state index contributed by atoms with van der Waals surface area (Å²) in [5, 5.41) is 0.632. The first-order chi connectivity index (χ1) is 7.29. The molecule has 5 heteroatoms. The van der Waals surface area contributed by atoms with Crippen LogP contribution < -0.4 is 5.73 Å². The van der Waals surface area contributed by atoms with Gasteiger partial charge in [0.2, 0.25) is 0 Å². The number of nitrogen functional groups attached to an aromatic ring is 1. The van der Waals surface area contributed by atoms with Gasteiger partial charge in [-0.05, 0) is 30.4 Å². The van der Waals surface area contributed by atoms with E-state index in [9.17, 15) is 0 Å². The fourth-order valence-corrected chi connectivity index (χ4v) is 3.29. The van der Waals surface area contributed by atoms with E-state index in [0.29, 0.717) is 5.13 Å². The molecular weight excluding hydrogens is 248 g/mol. The van der Waals surface area contributed by atoms with Gasteiger partial charge in [-0.25, -0.2) is 4.98 Å². The molecule has 2 aromatic rings. The lowest BCUT2D eigenvalue weighted by Crippen LogP contribution is -1.81. The molecule has 0 aliphatic carbocycles. The zero-order valence-electron chi connectivity index (χ0n) is 8.07. The third-order valence-electron chi connectivity index (χ3n) is 1.92. The third-order valence-corrected chi connectivity index (χ3v) is 4.12. The molecule has 0 fully saturated rings. The number of nitrogens with zero attached hydrogens (tertiary/aromatic N) is 1. The number of aromatic nitrogens is 1. The van der Waals surface area contributed by atoms with Crippen molar-refractivity contribution in [2.75, 3.05) is 17.4 Å². The number of nitrogens with two attached hydrogens (primary N) is 1. The second-order valence-electron chi connectivity index (χ2n) is 3.07. The zero-order chi connectivity index (χ0) is 10.7. The van der Waals surface area contributed by atoms with Gasteiger partial charge in [-0.15, -0.1) is 23.4 Å². The fourth-order valence-electron chi connectivity index (χ4n) is 1.26. The van der Waals surface area contributed by atoms with E-state index in [1.165, 1.54) is 16.2 Å². The van der Waals surface area contributed by atoms with Crippen LogP contribution in [0, 0.1) is 0 Å². The minimum atomic E-state index is 0.632. The molecule has 15 heavy (non-hydrogen) atoms. The van der Waals surface area contributed by atoms with Crippen molar-refractivity contribution in [1.29, 1.82) is 0 Å². The molecule has 0 aliphatic rings. The summed E-state index contributed by atoms with van der Waals surface area (Å²) < 4.78 is 1.16. The maximum atomic E-state index is 5.65. The van der Waals surface area contributed by atoms with Gasteiger partial charge < -0.3 is 5.73 Å². The van der Waals surface area contributed by atoms with Gasteiger partial charge in [-0.3, -0.25) is 0 Å². The summed E-state index contributed by atoms with van der Waals surface area (Å²) in [5.41, 5.74) is 6.63. The van der Waals surface area contributed by atoms with Gasteiger partial charge >= 0.3 is 0 Å². The van der Waals surface area contributed by atoms with Crippen molar-refractivity contribution < 1.29 is 0 Å². The Morgan fingerprint density at radius 2 is 2.33 bits per heavy atom. The van der Waals surface area contributed by atoms with Crippen LogP contribution in [0.4, 0.5) is 5.13 Å². The van der Waals surface area contributed by atoms with Gasteiger partial charge in [0.15, 0.2) is 5.13 Å². The first-order valence-corrected chi connectivity index (χ1v) is 6.98. The van der Waals surface area contributed by atoms with Crippen LogP contribution in [0.15, 0.2) is 23.1 Å². The van der Waals surface area contributed by atoms with Crippen molar-refractivity contribution in [1.82, 2.24) is 4.98 Å². The Labute approximate surface area is 102 Å². The number of thioether (sulfide) groups is 1. The largest absolute Gasteiger partial charge is 0.375 e. The Bertz CT molecular complexity index is 456. The number of anilines is 1. The van der Waals surface area contributed by atoms with Crippen LogP contribution in [-0.4, -0.2) is 16.6 Å². The van der Waals surface area contributed by atoms with Crippen LogP contribution in [0.2, 0.25) is 0 Å². The highest BCUT2D eigenvalue weighted by Crippen LogP contribution is 2.28. The Morgan fingerprint density at radius 1 is 1.47 bits per heavy atom. The lowest BCUT2D eigenvalue weighted by atomic mass is 10.3. The van der Waals surface area contributed by atoms with Crippen molar-refractivity contribution in [3.05, 3.63) is 18.2 Å². The van der Waals surface area contributed by atoms with Crippen molar-refractivity contribution in [3.8, 4) is 0 Å². The van der Waals surface area contributed by atoms with Gasteiger partial charge in [0, 0.05) is 10.8 Å². The molecule has 2 nitrogen and oxygen atoms in total. The Balaban J connectivity index is 2.15. The van der Waals surface area contributed by atoms with E-state index < -0.39 is 0 Å². The summed E-state index contributed by atoms with van der Waals surface area (Å²) in [6.07, 6.45) is 1.04. The van der Waals surface area contributed by atoms with E-state index in [1.807, 2.05) is 17.8 Å². The molecule has 0 atom stereocenters. The average molecular weight is 259 g/mol. The van der Waals surface area contributed by atoms with Gasteiger partial charge in [0.25, 0.3) is 0 Å². The summed E-state index contributed by atoms with van der Waals surface area (Å²) >= 11 is 8.98. The summed E-state index contributed by atoms with van der Waals surface area (Å²) in [6, 6.07) is 6.24. The summed E-state index contributed by atoms with van der Waals surface area (Å²) in [7, 11) is 0. The number of alkyl halides is 1. The highest BCUT2D eigenvalue weighted by molar-refractivity contribution is 7.99. The molecule has 1 heterocycles. The van der Waals surface area contributed by atoms with Gasteiger partial charge in [-0.1, -0.05) is 11.3 Å². The second kappa shape index (κ2) is 5.05. The number of benzene rings is 1. The van der Waals surface area contributed by atoms with E-state index in [1.54, 1.807) is 0 Å². The summed E-state index contributed by atoms with van der Waals surface area (Å²) in [5.74, 6) is 1.78. The molecule has 2 N–H and O–H groups in total. The molecule has 0 saturated heterocycles. The minimum Gasteiger partial charge on any atom is -0.375 e. The second-order valence-corrected chi connectivity index (χ2v) is 5.68. The minimum absolute atomic E-state index is 0.632. The summed E-state index contributed by atoms with van der Waals surface area (Å²) in [4.78, 5) is 5.48. The van der Waals surface area contributed by atoms with Crippen LogP contribution in [-0.2, 0) is 0 Å². The molecule has 1 aromatic heterocycles. The SMILES string of the molecule is Nc1nc2ccc(SCCCCl)cc2s1. The number of halogens is 1. The number of hydrogen-bond donors (Lipinski definition) is 1. The smallest absolute Gasteiger partial charge is 0.181 e. The quantitative estimate of drug-likeness (QED) is 0.517. The molecule has 0 aliphatic heterocycles. The van der Waals surface area contributed by atoms with E-state index in [0.717, 1.165) is 28.3 Å². The lowest BCUT2D eigenvalue weighted by Gasteiger charge is -1.99. The molecule has 80 valence electrons. The van der Waals surface area contributed by atoms with E-state index in [4.69, 9.17) is 17.3 Å². The predicted molar refractivity (Wildman–Crippen MR) is 70.1 cm³/mol. The molecule has 0 bridgehead atoms. The number of thiazole rings is 1. The molecule has 0 saturated carbocycles. The van der Waals surface area contributed by atoms with Crippen LogP contribution in [0.3, 0.4) is 0 Å². The number of rotatable bonds is 4. The molecule has 0 amide bonds. The van der Waals surface area contributed by atoms with Crippen LogP contribution >= 0.6 is 34.7 Å². The molecule has 0 spiro atoms. The predicted octanol–water partition coefficient (Wildman–Crippen LogP) is 3.60. The fraction of sp³-hybridized carbons (Fsp3) is 0.300. The molecule has 2 rings (SSSR count). The highest BCUT2D eigenvalue weighted by atomic mass is 35.5. The van der Waals surface area contributed by atoms with E-state index >= 15 is 0 Å². The van der Waals surface area contributed by atoms with E-state index in [-0.39, 0.29) is 0 Å². The number of hydrogen-bond acceptors (Lipinski definition) is 4. The first-order valence-electron chi connectivity index (χ1n) is 4.64.